The molecule has 0 fully saturated rings. The van der Waals surface area contributed by atoms with Gasteiger partial charge in [0.1, 0.15) is 5.82 Å². The summed E-state index contributed by atoms with van der Waals surface area (Å²) in [7, 11) is -3.35. The summed E-state index contributed by atoms with van der Waals surface area (Å²) < 4.78 is 188. The summed E-state index contributed by atoms with van der Waals surface area (Å²) in [6.45, 7) is 0. The van der Waals surface area contributed by atoms with Crippen LogP contribution in [0.1, 0.15) is 27.4 Å². The van der Waals surface area contributed by atoms with Crippen LogP contribution < -0.4 is 20.7 Å². The number of fused-ring (bicyclic) bond motifs is 9. The number of para-hydroxylation sites is 6. The van der Waals surface area contributed by atoms with Gasteiger partial charge >= 0.3 is 0 Å². The van der Waals surface area contributed by atoms with Gasteiger partial charge in [0.25, 0.3) is 0 Å². The minimum absolute atomic E-state index is 0.252. The van der Waals surface area contributed by atoms with Gasteiger partial charge in [0.2, 0.25) is 5.95 Å². The van der Waals surface area contributed by atoms with Crippen LogP contribution in [0.2, 0.25) is 0 Å². The molecule has 5 nitrogen and oxygen atoms in total. The first-order valence-electron chi connectivity index (χ1n) is 32.3. The molecule has 0 aliphatic carbocycles. The first kappa shape index (κ1) is 24.8. The van der Waals surface area contributed by atoms with Crippen LogP contribution in [0.4, 0.5) is 0 Å². The number of nitrogens with zero attached hydrogens (tertiary/aromatic N) is 5. The highest BCUT2D eigenvalue weighted by atomic mass is 28.3. The highest BCUT2D eigenvalue weighted by Gasteiger charge is 2.41. The summed E-state index contributed by atoms with van der Waals surface area (Å²) in [5.74, 6) is -0.600. The molecule has 0 aliphatic heterocycles. The van der Waals surface area contributed by atoms with Gasteiger partial charge in [-0.1, -0.05) is 212 Å². The Kier molecular flexibility index (Phi) is 5.67. The number of rotatable bonds is 8. The Balaban J connectivity index is 1.21. The van der Waals surface area contributed by atoms with Crippen molar-refractivity contribution in [1.29, 1.82) is 0 Å². The van der Waals surface area contributed by atoms with Gasteiger partial charge in [-0.3, -0.25) is 9.13 Å². The van der Waals surface area contributed by atoms with Gasteiger partial charge in [-0.2, -0.15) is 4.98 Å². The normalized spacial score (nSPS) is 16.0. The van der Waals surface area contributed by atoms with Crippen molar-refractivity contribution in [3.8, 4) is 28.7 Å². The van der Waals surface area contributed by atoms with Crippen LogP contribution in [0.25, 0.3) is 94.1 Å². The predicted molar refractivity (Wildman–Crippen MR) is 294 cm³/mol. The van der Waals surface area contributed by atoms with Gasteiger partial charge in [-0.25, -0.2) is 4.98 Å². The molecule has 4 aromatic heterocycles. The summed E-state index contributed by atoms with van der Waals surface area (Å²) in [5, 5.41) is 4.02. The fourth-order valence-electron chi connectivity index (χ4n) is 10.2. The number of benzene rings is 10. The summed E-state index contributed by atoms with van der Waals surface area (Å²) in [4.78, 5) is 10.5. The van der Waals surface area contributed by atoms with Gasteiger partial charge in [0, 0.05) is 43.9 Å². The molecule has 0 N–H and O–H groups in total. The van der Waals surface area contributed by atoms with Crippen molar-refractivity contribution in [3.05, 3.63) is 260 Å². The third-order valence-electron chi connectivity index (χ3n) is 13.1. The molecule has 328 valence electrons. The highest BCUT2D eigenvalue weighted by Crippen LogP contribution is 2.39. The summed E-state index contributed by atoms with van der Waals surface area (Å²) in [6.07, 6.45) is 0. The van der Waals surface area contributed by atoms with Crippen molar-refractivity contribution in [2.24, 2.45) is 0 Å². The Morgan fingerprint density at radius 2 is 0.786 bits per heavy atom. The Morgan fingerprint density at radius 1 is 0.329 bits per heavy atom. The molecule has 14 aromatic rings. The standard InChI is InChI=1S/C64H43N5Si/c1-4-22-44(23-5-1)70(45-24-6-2-7-25-45,46-26-8-3-9-27-46)47-40-41-53-52-32-14-20-38-60(52)69(62(53)42-47)64-65-55(43-63(66-64)68-58-36-18-12-30-50(58)51-31-13-19-37-59(51)68)54-33-15-21-39-61(54)67-56-34-16-10-28-48(56)49-29-11-17-35-57(49)67/h1-43H/i10D,11D,12D,13D,15D,16D,17D,18D,19D,21D,28D,29D,30D,31D,33D,34D,35D,36D,37D,39D. The molecular formula is C64H43N5Si. The zero-order chi connectivity index (χ0) is 63.6. The average Bonchev–Trinajstić information content (AvgIpc) is 1.52. The molecule has 0 amide bonds. The van der Waals surface area contributed by atoms with Crippen LogP contribution in [-0.2, 0) is 0 Å². The van der Waals surface area contributed by atoms with Gasteiger partial charge in [0.15, 0.2) is 8.07 Å². The van der Waals surface area contributed by atoms with Crippen LogP contribution in [-0.4, -0.2) is 31.7 Å². The Bertz CT molecular complexity index is 5250. The van der Waals surface area contributed by atoms with E-state index in [0.29, 0.717) is 21.8 Å². The molecule has 0 spiro atoms. The second kappa shape index (κ2) is 16.0. The molecule has 0 bridgehead atoms. The van der Waals surface area contributed by atoms with Gasteiger partial charge < -0.3 is 4.57 Å². The number of aromatic nitrogens is 5. The van der Waals surface area contributed by atoms with Gasteiger partial charge in [0.05, 0.1) is 71.9 Å². The smallest absolute Gasteiger partial charge is 0.237 e. The maximum atomic E-state index is 9.98. The maximum Gasteiger partial charge on any atom is 0.237 e. The second-order valence-electron chi connectivity index (χ2n) is 16.6. The average molecular weight is 930 g/mol. The highest BCUT2D eigenvalue weighted by molar-refractivity contribution is 7.20. The Labute approximate surface area is 433 Å². The van der Waals surface area contributed by atoms with Crippen LogP contribution in [0, 0.1) is 0 Å². The molecule has 14 rings (SSSR count). The zero-order valence-corrected chi connectivity index (χ0v) is 37.5. The Hall–Kier alpha value is -9.10. The quantitative estimate of drug-likeness (QED) is 0.113. The lowest BCUT2D eigenvalue weighted by molar-refractivity contribution is 0.951. The second-order valence-corrected chi connectivity index (χ2v) is 20.4. The van der Waals surface area contributed by atoms with Crippen LogP contribution in [0.15, 0.2) is 260 Å². The molecule has 0 saturated carbocycles. The first-order chi connectivity index (χ1) is 43.1. The fourth-order valence-corrected chi connectivity index (χ4v) is 15.0. The molecule has 4 heterocycles. The fraction of sp³-hybridized carbons (Fsp3) is 0. The molecular weight excluding hydrogens is 867 g/mol. The lowest BCUT2D eigenvalue weighted by atomic mass is 10.1. The minimum Gasteiger partial charge on any atom is -0.309 e. The van der Waals surface area contributed by atoms with Crippen LogP contribution in [0.5, 0.6) is 0 Å². The van der Waals surface area contributed by atoms with Crippen molar-refractivity contribution >= 4 is 94.2 Å². The molecule has 0 aliphatic rings. The minimum atomic E-state index is -3.35. The molecule has 0 atom stereocenters. The molecule has 6 heteroatoms. The number of hydrogen-bond donors (Lipinski definition) is 0. The van der Waals surface area contributed by atoms with E-state index >= 15 is 0 Å². The van der Waals surface area contributed by atoms with Crippen molar-refractivity contribution in [2.45, 2.75) is 0 Å². The molecule has 0 radical (unpaired) electrons. The predicted octanol–water partition coefficient (Wildman–Crippen LogP) is 12.8. The third-order valence-corrected chi connectivity index (χ3v) is 17.8. The van der Waals surface area contributed by atoms with Gasteiger partial charge in [-0.15, -0.1) is 0 Å². The summed E-state index contributed by atoms with van der Waals surface area (Å²) >= 11 is 0. The van der Waals surface area contributed by atoms with Crippen molar-refractivity contribution < 1.29 is 27.4 Å². The van der Waals surface area contributed by atoms with E-state index in [-0.39, 0.29) is 44.3 Å². The van der Waals surface area contributed by atoms with E-state index in [1.165, 1.54) is 6.07 Å². The summed E-state index contributed by atoms with van der Waals surface area (Å²) in [5.41, 5.74) is -2.15. The number of hydrogen-bond acceptors (Lipinski definition) is 2. The lowest BCUT2D eigenvalue weighted by Gasteiger charge is -2.34. The molecule has 0 saturated heterocycles. The van der Waals surface area contributed by atoms with Crippen molar-refractivity contribution in [2.75, 3.05) is 0 Å². The molecule has 70 heavy (non-hydrogen) atoms. The lowest BCUT2D eigenvalue weighted by Crippen LogP contribution is -2.74. The van der Waals surface area contributed by atoms with E-state index < -0.39 is 157 Å². The summed E-state index contributed by atoms with van der Waals surface area (Å²) in [6, 6.07) is 30.2. The maximum absolute atomic E-state index is 9.98. The van der Waals surface area contributed by atoms with E-state index in [1.807, 2.05) is 78.9 Å². The molecule has 0 unspecified atom stereocenters. The topological polar surface area (TPSA) is 40.6 Å². The van der Waals surface area contributed by atoms with E-state index in [2.05, 4.69) is 48.5 Å². The Morgan fingerprint density at radius 3 is 1.34 bits per heavy atom. The zero-order valence-electron chi connectivity index (χ0n) is 56.5. The third kappa shape index (κ3) is 5.97. The first-order valence-corrected chi connectivity index (χ1v) is 24.3. The molecule has 10 aromatic carbocycles. The van der Waals surface area contributed by atoms with E-state index in [4.69, 9.17) is 20.9 Å². The van der Waals surface area contributed by atoms with E-state index in [0.717, 1.165) is 29.9 Å². The van der Waals surface area contributed by atoms with Crippen LogP contribution in [0.3, 0.4) is 0 Å². The largest absolute Gasteiger partial charge is 0.309 e. The van der Waals surface area contributed by atoms with E-state index in [1.54, 1.807) is 10.6 Å². The SMILES string of the molecule is [2H]c1c([2H])c([2H])c(-n2c3c([2H])c([2H])c([2H])c([2H])c3c3c([2H])c([2H])c([2H])c([2H])c32)c(-c2cc(-n3c4c([2H])c([2H])c([2H])c([2H])c4c4c([2H])c([2H])c([2H])c([2H])c43)nc(-n3c4ccccc4c4ccc([Si](c5ccccc5)(c5ccccc5)c5ccccc5)cc43)n2)c1[2H]. The monoisotopic (exact) mass is 929 g/mol. The van der Waals surface area contributed by atoms with Crippen molar-refractivity contribution in [1.82, 2.24) is 23.7 Å². The van der Waals surface area contributed by atoms with Crippen LogP contribution >= 0.6 is 0 Å². The van der Waals surface area contributed by atoms with E-state index in [9.17, 15) is 16.4 Å². The van der Waals surface area contributed by atoms with Gasteiger partial charge in [-0.05, 0) is 63.1 Å². The van der Waals surface area contributed by atoms with Crippen molar-refractivity contribution in [3.63, 3.8) is 0 Å².